The largest absolute Gasteiger partial charge is 0.393 e. The van der Waals surface area contributed by atoms with Gasteiger partial charge >= 0.3 is 0 Å². The SMILES string of the molecule is C[C@]12CC[C@H]3[C@]4(C=C[C@@]5(C=C4C(=O)c4ccccc4-c4ccccc4)CC(O)CC[C@]35C)[C@@H]1CC[C@@]2(O)CN(C[C@@H](O)COCc1ccccc1)C[C@H]1CCCO1. The predicted molar refractivity (Wildman–Crippen MR) is 222 cm³/mol. The molecule has 3 N–H and O–H groups in total. The van der Waals surface area contributed by atoms with Crippen LogP contribution in [0.2, 0.25) is 0 Å². The van der Waals surface area contributed by atoms with Crippen LogP contribution in [-0.4, -0.2) is 82.8 Å². The molecular weight excluding hydrogens is 711 g/mol. The molecule has 0 aromatic heterocycles. The van der Waals surface area contributed by atoms with Gasteiger partial charge in [0.15, 0.2) is 5.78 Å². The molecule has 1 saturated heterocycles. The number of allylic oxidation sites excluding steroid dienone is 4. The molecule has 7 heteroatoms. The summed E-state index contributed by atoms with van der Waals surface area (Å²) in [6.45, 7) is 7.59. The molecule has 302 valence electrons. The van der Waals surface area contributed by atoms with Crippen molar-refractivity contribution in [2.75, 3.05) is 32.8 Å². The van der Waals surface area contributed by atoms with Gasteiger partial charge in [-0.05, 0) is 91.7 Å². The summed E-state index contributed by atoms with van der Waals surface area (Å²) in [6, 6.07) is 28.3. The van der Waals surface area contributed by atoms with E-state index in [0.29, 0.717) is 44.6 Å². The van der Waals surface area contributed by atoms with Gasteiger partial charge in [-0.15, -0.1) is 0 Å². The van der Waals surface area contributed by atoms with Crippen LogP contribution in [0.25, 0.3) is 11.1 Å². The molecule has 1 unspecified atom stereocenters. The lowest BCUT2D eigenvalue weighted by Gasteiger charge is -2.71. The van der Waals surface area contributed by atoms with Gasteiger partial charge in [0.05, 0.1) is 37.1 Å². The Morgan fingerprint density at radius 3 is 2.35 bits per heavy atom. The molecule has 7 nitrogen and oxygen atoms in total. The number of ketones is 1. The molecule has 0 radical (unpaired) electrons. The molecule has 10 atom stereocenters. The molecule has 0 amide bonds. The fraction of sp³-hybridized carbons (Fsp3) is 0.540. The van der Waals surface area contributed by atoms with Crippen molar-refractivity contribution in [1.29, 1.82) is 0 Å². The first-order valence-electron chi connectivity index (χ1n) is 21.7. The van der Waals surface area contributed by atoms with Crippen LogP contribution in [0.3, 0.4) is 0 Å². The number of nitrogens with zero attached hydrogens (tertiary/aromatic N) is 1. The molecule has 1 heterocycles. The van der Waals surface area contributed by atoms with E-state index in [4.69, 9.17) is 9.47 Å². The molecular formula is C50H61NO6. The molecule has 1 aliphatic heterocycles. The van der Waals surface area contributed by atoms with Crippen LogP contribution < -0.4 is 0 Å². The monoisotopic (exact) mass is 771 g/mol. The lowest BCUT2D eigenvalue weighted by atomic mass is 9.32. The molecule has 2 spiro atoms. The third-order valence-electron chi connectivity index (χ3n) is 16.1. The van der Waals surface area contributed by atoms with Crippen molar-refractivity contribution >= 4 is 5.78 Å². The van der Waals surface area contributed by atoms with Crippen LogP contribution >= 0.6 is 0 Å². The number of ether oxygens (including phenoxy) is 2. The van der Waals surface area contributed by atoms with Crippen molar-refractivity contribution in [3.05, 3.63) is 120 Å². The minimum atomic E-state index is -1.04. The van der Waals surface area contributed by atoms with Crippen molar-refractivity contribution in [3.8, 4) is 11.1 Å². The van der Waals surface area contributed by atoms with Crippen LogP contribution in [0, 0.1) is 33.5 Å². The van der Waals surface area contributed by atoms with E-state index in [1.807, 2.05) is 66.7 Å². The Bertz CT molecular complexity index is 1990. The van der Waals surface area contributed by atoms with E-state index < -0.39 is 34.1 Å². The molecule has 3 aromatic rings. The van der Waals surface area contributed by atoms with Gasteiger partial charge in [-0.2, -0.15) is 0 Å². The van der Waals surface area contributed by atoms with Crippen molar-refractivity contribution < 1.29 is 29.6 Å². The minimum absolute atomic E-state index is 0.0368. The number of Topliss-reactive ketones (excluding diaryl/α,β-unsaturated/α-hetero) is 1. The Kier molecular flexibility index (Phi) is 10.3. The van der Waals surface area contributed by atoms with E-state index in [-0.39, 0.29) is 35.7 Å². The van der Waals surface area contributed by atoms with Gasteiger partial charge in [0.2, 0.25) is 0 Å². The third kappa shape index (κ3) is 6.43. The number of carbonyl (C=O) groups is 1. The molecule has 57 heavy (non-hydrogen) atoms. The van der Waals surface area contributed by atoms with Crippen molar-refractivity contribution in [2.24, 2.45) is 33.5 Å². The average Bonchev–Trinajstić information content (AvgIpc) is 3.83. The first-order chi connectivity index (χ1) is 27.5. The van der Waals surface area contributed by atoms with E-state index in [1.54, 1.807) is 0 Å². The van der Waals surface area contributed by atoms with Crippen molar-refractivity contribution in [3.63, 3.8) is 0 Å². The Balaban J connectivity index is 1.05. The second-order valence-corrected chi connectivity index (χ2v) is 19.0. The number of hydrogen-bond acceptors (Lipinski definition) is 7. The maximum atomic E-state index is 15.5. The first kappa shape index (κ1) is 39.1. The number of fused-ring (bicyclic) bond motifs is 1. The lowest BCUT2D eigenvalue weighted by Crippen LogP contribution is -2.67. The fourth-order valence-corrected chi connectivity index (χ4v) is 13.2. The van der Waals surface area contributed by atoms with Crippen molar-refractivity contribution in [1.82, 2.24) is 4.90 Å². The summed E-state index contributed by atoms with van der Waals surface area (Å²) in [5.41, 5.74) is 2.01. The predicted octanol–water partition coefficient (Wildman–Crippen LogP) is 8.19. The number of benzene rings is 3. The molecule has 2 bridgehead atoms. The zero-order valence-corrected chi connectivity index (χ0v) is 33.8. The highest BCUT2D eigenvalue weighted by Gasteiger charge is 2.74. The van der Waals surface area contributed by atoms with Crippen LogP contribution in [0.1, 0.15) is 87.6 Å². The van der Waals surface area contributed by atoms with Crippen LogP contribution in [0.5, 0.6) is 0 Å². The normalized spacial score (nSPS) is 37.1. The summed E-state index contributed by atoms with van der Waals surface area (Å²) >= 11 is 0. The highest BCUT2D eigenvalue weighted by Crippen LogP contribution is 2.78. The van der Waals surface area contributed by atoms with Gasteiger partial charge in [0.25, 0.3) is 0 Å². The molecule has 10 rings (SSSR count). The maximum absolute atomic E-state index is 15.5. The number of hydrogen-bond donors (Lipinski definition) is 3. The second kappa shape index (κ2) is 15.0. The zero-order valence-electron chi connectivity index (χ0n) is 33.8. The summed E-state index contributed by atoms with van der Waals surface area (Å²) in [6.07, 6.45) is 13.6. The smallest absolute Gasteiger partial charge is 0.190 e. The van der Waals surface area contributed by atoms with Gasteiger partial charge in [-0.25, -0.2) is 0 Å². The van der Waals surface area contributed by atoms with Crippen LogP contribution in [0.15, 0.2) is 109 Å². The lowest BCUT2D eigenvalue weighted by molar-refractivity contribution is -0.177. The maximum Gasteiger partial charge on any atom is 0.190 e. The van der Waals surface area contributed by atoms with Gasteiger partial charge < -0.3 is 24.8 Å². The third-order valence-corrected chi connectivity index (χ3v) is 16.1. The number of carbonyl (C=O) groups excluding carboxylic acids is 1. The molecule has 3 saturated carbocycles. The summed E-state index contributed by atoms with van der Waals surface area (Å²) in [5.74, 6) is 0.320. The van der Waals surface area contributed by atoms with Crippen LogP contribution in [-0.2, 0) is 16.1 Å². The quantitative estimate of drug-likeness (QED) is 0.119. The minimum Gasteiger partial charge on any atom is -0.393 e. The van der Waals surface area contributed by atoms with Gasteiger partial charge in [-0.1, -0.05) is 117 Å². The molecule has 7 aliphatic rings. The Morgan fingerprint density at radius 2 is 1.58 bits per heavy atom. The second-order valence-electron chi connectivity index (χ2n) is 19.0. The van der Waals surface area contributed by atoms with Gasteiger partial charge in [-0.3, -0.25) is 9.69 Å². The molecule has 3 aromatic carbocycles. The van der Waals surface area contributed by atoms with E-state index in [9.17, 15) is 15.3 Å². The van der Waals surface area contributed by atoms with E-state index >= 15 is 4.79 Å². The van der Waals surface area contributed by atoms with Crippen LogP contribution in [0.4, 0.5) is 0 Å². The number of rotatable bonds is 13. The van der Waals surface area contributed by atoms with E-state index in [2.05, 4.69) is 55.2 Å². The highest BCUT2D eigenvalue weighted by molar-refractivity contribution is 6.14. The summed E-state index contributed by atoms with van der Waals surface area (Å²) in [5, 5.41) is 35.8. The summed E-state index contributed by atoms with van der Waals surface area (Å²) in [4.78, 5) is 17.8. The van der Waals surface area contributed by atoms with E-state index in [0.717, 1.165) is 73.8 Å². The summed E-state index contributed by atoms with van der Waals surface area (Å²) in [7, 11) is 0. The van der Waals surface area contributed by atoms with Crippen molar-refractivity contribution in [2.45, 2.75) is 102 Å². The average molecular weight is 772 g/mol. The Morgan fingerprint density at radius 1 is 0.877 bits per heavy atom. The zero-order chi connectivity index (χ0) is 39.5. The topological polar surface area (TPSA) is 99.5 Å². The Hall–Kier alpha value is -3.43. The standard InChI is InChI=1S/C50H61NO6/c1-46-22-19-37(52)28-48(46)25-26-50(42(29-48)45(54)41-18-10-9-17-40(41)36-14-7-4-8-15-36)43(46)20-23-47(2)44(50)21-24-49(47,55)34-51(31-39-16-11-27-57-39)30-38(53)33-56-32-35-12-5-3-6-13-35/h3-10,12-15,17-18,25-26,29,37-39,43-44,52-53,55H,11,16,19-24,27-28,30-34H2,1-2H3/t37?,38-,39-,43-,44-,46-,47+,48+,49-,50-/m1/s1. The fourth-order valence-electron chi connectivity index (χ4n) is 13.2. The number of aliphatic hydroxyl groups excluding tert-OH is 2. The first-order valence-corrected chi connectivity index (χ1v) is 21.7. The molecule has 6 aliphatic carbocycles. The number of aliphatic hydroxyl groups is 3. The van der Waals surface area contributed by atoms with E-state index in [1.165, 1.54) is 0 Å². The Labute approximate surface area is 338 Å². The molecule has 4 fully saturated rings. The summed E-state index contributed by atoms with van der Waals surface area (Å²) < 4.78 is 12.1. The van der Waals surface area contributed by atoms with Gasteiger partial charge in [0, 0.05) is 53.6 Å². The van der Waals surface area contributed by atoms with Gasteiger partial charge in [0.1, 0.15) is 0 Å². The highest BCUT2D eigenvalue weighted by atomic mass is 16.5.